The van der Waals surface area contributed by atoms with Crippen LogP contribution in [0.4, 0.5) is 0 Å². The van der Waals surface area contributed by atoms with Crippen molar-refractivity contribution in [2.75, 3.05) is 0 Å². The zero-order valence-corrected chi connectivity index (χ0v) is 37.6. The van der Waals surface area contributed by atoms with Crippen LogP contribution in [0.3, 0.4) is 0 Å². The molecule has 9 heteroatoms. The highest BCUT2D eigenvalue weighted by Crippen LogP contribution is 2.41. The van der Waals surface area contributed by atoms with Crippen molar-refractivity contribution >= 4 is 65.4 Å². The van der Waals surface area contributed by atoms with Gasteiger partial charge >= 0.3 is 0 Å². The van der Waals surface area contributed by atoms with E-state index in [-0.39, 0.29) is 11.1 Å². The van der Waals surface area contributed by atoms with Gasteiger partial charge in [0.2, 0.25) is 0 Å². The summed E-state index contributed by atoms with van der Waals surface area (Å²) in [5, 5.41) is 47.9. The van der Waals surface area contributed by atoms with Crippen LogP contribution in [0.2, 0.25) is 0 Å². The van der Waals surface area contributed by atoms with Gasteiger partial charge in [0, 0.05) is 66.1 Å². The third-order valence-corrected chi connectivity index (χ3v) is 13.6. The first-order chi connectivity index (χ1) is 35.0. The Morgan fingerprint density at radius 1 is 0.310 bits per heavy atom. The van der Waals surface area contributed by atoms with Crippen LogP contribution in [0, 0.1) is 45.3 Å². The van der Waals surface area contributed by atoms with E-state index in [9.17, 15) is 21.0 Å². The van der Waals surface area contributed by atoms with E-state index in [2.05, 4.69) is 171 Å². The SMILES string of the molecule is N#Cc1ccc(-c2cc(-c3c(C#N)cc(-n4c5ccc(-n6c7ccccc7c7ccccc76)cc5c5cc(-n6c7ccccc7c7ccccc76)ccc54)cc3C#N)nc(-c3ccc(C#N)cc3)n2)cc1. The molecule has 9 aromatic carbocycles. The molecule has 4 heterocycles. The molecule has 0 atom stereocenters. The minimum absolute atomic E-state index is 0.258. The molecule has 0 fully saturated rings. The molecule has 0 spiro atoms. The summed E-state index contributed by atoms with van der Waals surface area (Å²) in [6, 6.07) is 75.7. The molecule has 0 radical (unpaired) electrons. The van der Waals surface area contributed by atoms with Crippen LogP contribution in [0.5, 0.6) is 0 Å². The molecule has 9 nitrogen and oxygen atoms in total. The van der Waals surface area contributed by atoms with Gasteiger partial charge in [0.15, 0.2) is 5.82 Å². The van der Waals surface area contributed by atoms with Crippen molar-refractivity contribution in [3.63, 3.8) is 0 Å². The minimum atomic E-state index is 0.258. The standard InChI is InChI=1S/C62H33N9/c63-34-38-17-21-40(22-18-38)53-33-54(68-62(67-53)41-23-19-39(35-64)20-24-41)61-42(36-65)29-46(30-43(61)37-66)71-59-27-25-44(69-55-13-5-1-9-47(55)48-10-2-6-14-56(48)69)31-51(59)52-32-45(26-28-60(52)71)70-57-15-7-3-11-49(57)50-12-4-8-16-58(50)70/h1-33H. The fourth-order valence-corrected chi connectivity index (χ4v) is 10.4. The van der Waals surface area contributed by atoms with E-state index in [4.69, 9.17) is 9.97 Å². The van der Waals surface area contributed by atoms with E-state index in [0.717, 1.165) is 60.8 Å². The van der Waals surface area contributed by atoms with E-state index >= 15 is 0 Å². The normalized spacial score (nSPS) is 11.3. The van der Waals surface area contributed by atoms with Crippen LogP contribution < -0.4 is 0 Å². The van der Waals surface area contributed by atoms with E-state index in [0.29, 0.717) is 45.2 Å². The molecule has 71 heavy (non-hydrogen) atoms. The highest BCUT2D eigenvalue weighted by atomic mass is 15.0. The molecule has 0 bridgehead atoms. The zero-order chi connectivity index (χ0) is 47.7. The number of fused-ring (bicyclic) bond motifs is 9. The first-order valence-electron chi connectivity index (χ1n) is 23.0. The van der Waals surface area contributed by atoms with Gasteiger partial charge in [-0.3, -0.25) is 0 Å². The van der Waals surface area contributed by atoms with Crippen LogP contribution in [0.25, 0.3) is 116 Å². The number of benzene rings is 9. The zero-order valence-electron chi connectivity index (χ0n) is 37.6. The average molecular weight is 904 g/mol. The molecule has 13 rings (SSSR count). The van der Waals surface area contributed by atoms with Crippen molar-refractivity contribution in [3.8, 4) is 75.2 Å². The molecule has 0 saturated carbocycles. The molecular formula is C62H33N9. The van der Waals surface area contributed by atoms with Crippen LogP contribution in [-0.4, -0.2) is 23.7 Å². The molecule has 0 amide bonds. The first kappa shape index (κ1) is 40.7. The fourth-order valence-electron chi connectivity index (χ4n) is 10.4. The molecule has 4 aromatic heterocycles. The quantitative estimate of drug-likeness (QED) is 0.163. The van der Waals surface area contributed by atoms with Crippen molar-refractivity contribution in [1.29, 1.82) is 21.0 Å². The number of nitriles is 4. The van der Waals surface area contributed by atoms with Crippen LogP contribution in [-0.2, 0) is 0 Å². The summed E-state index contributed by atoms with van der Waals surface area (Å²) in [5.41, 5.74) is 13.0. The number of rotatable bonds is 6. The van der Waals surface area contributed by atoms with Crippen molar-refractivity contribution in [2.24, 2.45) is 0 Å². The Hall–Kier alpha value is -10.6. The second-order valence-corrected chi connectivity index (χ2v) is 17.5. The second kappa shape index (κ2) is 16.0. The molecular weight excluding hydrogens is 871 g/mol. The number of nitrogens with zero attached hydrogens (tertiary/aromatic N) is 9. The maximum Gasteiger partial charge on any atom is 0.160 e. The molecule has 0 N–H and O–H groups in total. The topological polar surface area (TPSA) is 136 Å². The fraction of sp³-hybridized carbons (Fsp3) is 0. The summed E-state index contributed by atoms with van der Waals surface area (Å²) in [7, 11) is 0. The van der Waals surface area contributed by atoms with E-state index < -0.39 is 0 Å². The Balaban J connectivity index is 1.06. The van der Waals surface area contributed by atoms with Crippen molar-refractivity contribution in [2.45, 2.75) is 0 Å². The van der Waals surface area contributed by atoms with E-state index in [1.807, 2.05) is 24.3 Å². The van der Waals surface area contributed by atoms with Gasteiger partial charge in [-0.25, -0.2) is 9.97 Å². The lowest BCUT2D eigenvalue weighted by atomic mass is 9.96. The molecule has 326 valence electrons. The second-order valence-electron chi connectivity index (χ2n) is 17.5. The maximum atomic E-state index is 11.1. The summed E-state index contributed by atoms with van der Waals surface area (Å²) in [6.07, 6.45) is 0. The Morgan fingerprint density at radius 2 is 0.690 bits per heavy atom. The van der Waals surface area contributed by atoms with E-state index in [1.165, 1.54) is 21.5 Å². The average Bonchev–Trinajstić information content (AvgIpc) is 4.08. The molecule has 0 unspecified atom stereocenters. The molecule has 0 aliphatic heterocycles. The lowest BCUT2D eigenvalue weighted by Gasteiger charge is -2.15. The molecule has 0 aliphatic carbocycles. The Morgan fingerprint density at radius 3 is 1.11 bits per heavy atom. The summed E-state index contributed by atoms with van der Waals surface area (Å²) in [6.45, 7) is 0. The third-order valence-electron chi connectivity index (χ3n) is 13.6. The highest BCUT2D eigenvalue weighted by molar-refractivity contribution is 6.14. The van der Waals surface area contributed by atoms with Crippen molar-refractivity contribution in [3.05, 3.63) is 222 Å². The van der Waals surface area contributed by atoms with Crippen LogP contribution in [0.1, 0.15) is 22.3 Å². The van der Waals surface area contributed by atoms with Crippen molar-refractivity contribution < 1.29 is 0 Å². The van der Waals surface area contributed by atoms with Gasteiger partial charge in [-0.15, -0.1) is 0 Å². The van der Waals surface area contributed by atoms with Gasteiger partial charge in [0.05, 0.1) is 91.0 Å². The molecule has 0 saturated heterocycles. The van der Waals surface area contributed by atoms with Crippen LogP contribution in [0.15, 0.2) is 200 Å². The number of hydrogen-bond donors (Lipinski definition) is 0. The molecule has 0 aliphatic rings. The van der Waals surface area contributed by atoms with Crippen LogP contribution >= 0.6 is 0 Å². The predicted molar refractivity (Wildman–Crippen MR) is 280 cm³/mol. The van der Waals surface area contributed by atoms with Crippen molar-refractivity contribution in [1.82, 2.24) is 23.7 Å². The lowest BCUT2D eigenvalue weighted by molar-refractivity contribution is 1.15. The summed E-state index contributed by atoms with van der Waals surface area (Å²) in [5.74, 6) is 0.351. The Kier molecular flexibility index (Phi) is 9.19. The van der Waals surface area contributed by atoms with Gasteiger partial charge < -0.3 is 13.7 Å². The minimum Gasteiger partial charge on any atom is -0.309 e. The Bertz CT molecular complexity index is 4170. The summed E-state index contributed by atoms with van der Waals surface area (Å²) >= 11 is 0. The van der Waals surface area contributed by atoms with Gasteiger partial charge in [0.1, 0.15) is 0 Å². The third kappa shape index (κ3) is 6.37. The molecule has 13 aromatic rings. The predicted octanol–water partition coefficient (Wildman–Crippen LogP) is 14.3. The largest absolute Gasteiger partial charge is 0.309 e. The number of para-hydroxylation sites is 4. The van der Waals surface area contributed by atoms with E-state index in [1.54, 1.807) is 42.5 Å². The summed E-state index contributed by atoms with van der Waals surface area (Å²) in [4.78, 5) is 9.91. The lowest BCUT2D eigenvalue weighted by Crippen LogP contribution is -2.02. The smallest absolute Gasteiger partial charge is 0.160 e. The number of hydrogen-bond acceptors (Lipinski definition) is 6. The van der Waals surface area contributed by atoms with Gasteiger partial charge in [-0.2, -0.15) is 21.0 Å². The summed E-state index contributed by atoms with van der Waals surface area (Å²) < 4.78 is 6.78. The maximum absolute atomic E-state index is 11.1. The first-order valence-corrected chi connectivity index (χ1v) is 23.0. The highest BCUT2D eigenvalue weighted by Gasteiger charge is 2.23. The number of aromatic nitrogens is 5. The Labute approximate surface area is 406 Å². The monoisotopic (exact) mass is 903 g/mol. The van der Waals surface area contributed by atoms with Gasteiger partial charge in [0.25, 0.3) is 0 Å². The van der Waals surface area contributed by atoms with Gasteiger partial charge in [-0.1, -0.05) is 84.9 Å². The van der Waals surface area contributed by atoms with Gasteiger partial charge in [-0.05, 0) is 115 Å².